The Morgan fingerprint density at radius 3 is 2.77 bits per heavy atom. The first-order chi connectivity index (χ1) is 14.3. The fourth-order valence-corrected chi connectivity index (χ4v) is 3.66. The minimum atomic E-state index is -0.0360. The molecule has 1 atom stereocenters. The normalized spacial score (nSPS) is 12.7. The van der Waals surface area contributed by atoms with Crippen molar-refractivity contribution in [3.8, 4) is 0 Å². The average Bonchev–Trinajstić information content (AvgIpc) is 3.16. The number of carbonyl (C=O) groups excluding carboxylic acids is 1. The highest BCUT2D eigenvalue weighted by Crippen LogP contribution is 2.21. The third kappa shape index (κ3) is 7.40. The smallest absolute Gasteiger partial charge is 0.238 e. The second kappa shape index (κ2) is 11.6. The van der Waals surface area contributed by atoms with Gasteiger partial charge in [-0.1, -0.05) is 12.1 Å². The van der Waals surface area contributed by atoms with Crippen LogP contribution in [0.25, 0.3) is 0 Å². The number of ether oxygens (including phenoxy) is 1. The molecule has 2 N–H and O–H groups in total. The second-order valence-corrected chi connectivity index (χ2v) is 8.19. The molecule has 2 rings (SSSR count). The molecule has 30 heavy (non-hydrogen) atoms. The Hall–Kier alpha value is -2.49. The zero-order valence-electron chi connectivity index (χ0n) is 18.6. The summed E-state index contributed by atoms with van der Waals surface area (Å²) in [6.07, 6.45) is -0.00279. The number of aromatic nitrogens is 1. The number of benzene rings is 1. The van der Waals surface area contributed by atoms with Crippen LogP contribution in [0.3, 0.4) is 0 Å². The molecule has 1 amide bonds. The van der Waals surface area contributed by atoms with Crippen LogP contribution in [0.15, 0.2) is 34.6 Å². The van der Waals surface area contributed by atoms with Crippen molar-refractivity contribution in [2.45, 2.75) is 26.1 Å². The van der Waals surface area contributed by atoms with Crippen molar-refractivity contribution in [1.82, 2.24) is 20.1 Å². The van der Waals surface area contributed by atoms with Gasteiger partial charge in [0, 0.05) is 38.8 Å². The molecule has 1 aromatic carbocycles. The van der Waals surface area contributed by atoms with Crippen LogP contribution in [0.2, 0.25) is 0 Å². The molecular formula is C21H32N6O2S. The molecule has 0 saturated heterocycles. The van der Waals surface area contributed by atoms with Crippen LogP contribution in [-0.4, -0.2) is 68.5 Å². The molecule has 1 heterocycles. The SMILES string of the molecule is CN=C(NCc1cccc(NC(=O)CN(C)C)c1)N(C)Cc1csc(C(C)OC)n1. The van der Waals surface area contributed by atoms with E-state index in [4.69, 9.17) is 4.74 Å². The maximum absolute atomic E-state index is 12.0. The summed E-state index contributed by atoms with van der Waals surface area (Å²) in [4.78, 5) is 24.8. The first-order valence-corrected chi connectivity index (χ1v) is 10.6. The molecule has 0 bridgehead atoms. The molecule has 0 radical (unpaired) electrons. The molecule has 1 unspecified atom stereocenters. The zero-order valence-corrected chi connectivity index (χ0v) is 19.4. The first-order valence-electron chi connectivity index (χ1n) is 9.74. The number of nitrogens with zero attached hydrogens (tertiary/aromatic N) is 4. The maximum Gasteiger partial charge on any atom is 0.238 e. The average molecular weight is 433 g/mol. The largest absolute Gasteiger partial charge is 0.375 e. The molecule has 1 aromatic heterocycles. The van der Waals surface area contributed by atoms with E-state index >= 15 is 0 Å². The van der Waals surface area contributed by atoms with Crippen molar-refractivity contribution in [3.63, 3.8) is 0 Å². The predicted octanol–water partition coefficient (Wildman–Crippen LogP) is 2.56. The minimum Gasteiger partial charge on any atom is -0.375 e. The van der Waals surface area contributed by atoms with Crippen LogP contribution in [0, 0.1) is 0 Å². The number of rotatable bonds is 9. The number of carbonyl (C=O) groups is 1. The van der Waals surface area contributed by atoms with Gasteiger partial charge in [-0.25, -0.2) is 4.98 Å². The van der Waals surface area contributed by atoms with Gasteiger partial charge in [-0.2, -0.15) is 0 Å². The number of thiazole rings is 1. The summed E-state index contributed by atoms with van der Waals surface area (Å²) in [6.45, 7) is 3.58. The van der Waals surface area contributed by atoms with Gasteiger partial charge < -0.3 is 25.2 Å². The van der Waals surface area contributed by atoms with Gasteiger partial charge in [-0.3, -0.25) is 9.79 Å². The molecule has 8 nitrogen and oxygen atoms in total. The molecular weight excluding hydrogens is 400 g/mol. The number of hydrogen-bond acceptors (Lipinski definition) is 6. The van der Waals surface area contributed by atoms with Crippen molar-refractivity contribution in [1.29, 1.82) is 0 Å². The van der Waals surface area contributed by atoms with Gasteiger partial charge >= 0.3 is 0 Å². The summed E-state index contributed by atoms with van der Waals surface area (Å²) in [6, 6.07) is 7.80. The number of likely N-dealkylation sites (N-methyl/N-ethyl adjacent to an activating group) is 1. The Bertz CT molecular complexity index is 852. The molecule has 0 aliphatic heterocycles. The molecule has 164 valence electrons. The van der Waals surface area contributed by atoms with E-state index in [0.29, 0.717) is 19.6 Å². The van der Waals surface area contributed by atoms with Crippen molar-refractivity contribution in [2.75, 3.05) is 47.2 Å². The summed E-state index contributed by atoms with van der Waals surface area (Å²) in [5, 5.41) is 9.31. The van der Waals surface area contributed by atoms with Crippen molar-refractivity contribution < 1.29 is 9.53 Å². The Balaban J connectivity index is 1.92. The fraction of sp³-hybridized carbons (Fsp3) is 0.476. The van der Waals surface area contributed by atoms with Gasteiger partial charge in [-0.05, 0) is 38.7 Å². The number of nitrogens with one attached hydrogen (secondary N) is 2. The molecule has 0 spiro atoms. The maximum atomic E-state index is 12.0. The number of aliphatic imine (C=N–C) groups is 1. The number of amides is 1. The Kier molecular flexibility index (Phi) is 9.22. The van der Waals surface area contributed by atoms with E-state index in [1.54, 1.807) is 25.5 Å². The lowest BCUT2D eigenvalue weighted by atomic mass is 10.2. The van der Waals surface area contributed by atoms with Gasteiger partial charge in [0.15, 0.2) is 5.96 Å². The van der Waals surface area contributed by atoms with Crippen molar-refractivity contribution >= 4 is 28.9 Å². The first kappa shape index (κ1) is 23.8. The second-order valence-electron chi connectivity index (χ2n) is 7.30. The van der Waals surface area contributed by atoms with Gasteiger partial charge in [0.25, 0.3) is 0 Å². The van der Waals surface area contributed by atoms with Crippen molar-refractivity contribution in [3.05, 3.63) is 45.9 Å². The monoisotopic (exact) mass is 432 g/mol. The van der Waals surface area contributed by atoms with Crippen LogP contribution in [0.4, 0.5) is 5.69 Å². The van der Waals surface area contributed by atoms with E-state index in [2.05, 4.69) is 26.0 Å². The van der Waals surface area contributed by atoms with Crippen molar-refractivity contribution in [2.24, 2.45) is 4.99 Å². The lowest BCUT2D eigenvalue weighted by molar-refractivity contribution is -0.116. The van der Waals surface area contributed by atoms with Gasteiger partial charge in [0.2, 0.25) is 5.91 Å². The van der Waals surface area contributed by atoms with Crippen LogP contribution >= 0.6 is 11.3 Å². The van der Waals surface area contributed by atoms with Crippen LogP contribution in [0.5, 0.6) is 0 Å². The lowest BCUT2D eigenvalue weighted by Gasteiger charge is -2.21. The highest BCUT2D eigenvalue weighted by atomic mass is 32.1. The summed E-state index contributed by atoms with van der Waals surface area (Å²) in [7, 11) is 9.16. The Morgan fingerprint density at radius 1 is 1.33 bits per heavy atom. The third-order valence-electron chi connectivity index (χ3n) is 4.36. The number of anilines is 1. The van der Waals surface area contributed by atoms with Gasteiger partial charge in [0.1, 0.15) is 11.1 Å². The highest BCUT2D eigenvalue weighted by Gasteiger charge is 2.13. The molecule has 0 fully saturated rings. The summed E-state index contributed by atoms with van der Waals surface area (Å²) in [5.74, 6) is 0.734. The standard InChI is InChI=1S/C21H32N6O2S/c1-15(29-6)20-25-18(14-30-20)12-27(5)21(22-2)23-11-16-8-7-9-17(10-16)24-19(28)13-26(3)4/h7-10,14-15H,11-13H2,1-6H3,(H,22,23)(H,24,28). The number of guanidine groups is 1. The van der Waals surface area contributed by atoms with E-state index in [-0.39, 0.29) is 12.0 Å². The van der Waals surface area contributed by atoms with E-state index in [1.807, 2.05) is 62.1 Å². The minimum absolute atomic E-state index is 0.00279. The molecule has 0 saturated carbocycles. The summed E-state index contributed by atoms with van der Waals surface area (Å²) < 4.78 is 5.33. The van der Waals surface area contributed by atoms with E-state index < -0.39 is 0 Å². The van der Waals surface area contributed by atoms with Gasteiger partial charge in [0.05, 0.1) is 18.8 Å². The summed E-state index contributed by atoms with van der Waals surface area (Å²) >= 11 is 1.60. The van der Waals surface area contributed by atoms with E-state index in [0.717, 1.165) is 27.9 Å². The van der Waals surface area contributed by atoms with Crippen LogP contribution in [-0.2, 0) is 22.6 Å². The highest BCUT2D eigenvalue weighted by molar-refractivity contribution is 7.09. The molecule has 0 aliphatic rings. The Morgan fingerprint density at radius 2 is 2.10 bits per heavy atom. The quantitative estimate of drug-likeness (QED) is 0.468. The molecule has 9 heteroatoms. The van der Waals surface area contributed by atoms with E-state index in [9.17, 15) is 4.79 Å². The van der Waals surface area contributed by atoms with E-state index in [1.165, 1.54) is 0 Å². The Labute approximate surface area is 183 Å². The topological polar surface area (TPSA) is 82.1 Å². The van der Waals surface area contributed by atoms with Crippen LogP contribution in [0.1, 0.15) is 29.3 Å². The fourth-order valence-electron chi connectivity index (χ4n) is 2.81. The number of methoxy groups -OCH3 is 1. The molecule has 0 aliphatic carbocycles. The predicted molar refractivity (Wildman–Crippen MR) is 123 cm³/mol. The zero-order chi connectivity index (χ0) is 22.1. The number of hydrogen-bond donors (Lipinski definition) is 2. The van der Waals surface area contributed by atoms with Crippen LogP contribution < -0.4 is 10.6 Å². The third-order valence-corrected chi connectivity index (χ3v) is 5.42. The molecule has 2 aromatic rings. The lowest BCUT2D eigenvalue weighted by Crippen LogP contribution is -2.38. The van der Waals surface area contributed by atoms with Gasteiger partial charge in [-0.15, -0.1) is 11.3 Å². The summed E-state index contributed by atoms with van der Waals surface area (Å²) in [5.41, 5.74) is 2.82.